The average molecular weight is 357 g/mol. The molecule has 0 spiro atoms. The monoisotopic (exact) mass is 357 g/mol. The molecule has 0 aliphatic carbocycles. The first kappa shape index (κ1) is 16.8. The Morgan fingerprint density at radius 3 is 2.33 bits per heavy atom. The van der Waals surface area contributed by atoms with E-state index in [1.165, 1.54) is 0 Å². The molecule has 2 N–H and O–H groups in total. The maximum Gasteiger partial charge on any atom is 0.261 e. The first-order valence-corrected chi connectivity index (χ1v) is 8.65. The van der Waals surface area contributed by atoms with Crippen molar-refractivity contribution in [3.8, 4) is 0 Å². The molecular formula is C21H19N5O. The topological polar surface area (TPSA) is 71.3 Å². The second kappa shape index (κ2) is 6.92. The van der Waals surface area contributed by atoms with E-state index in [1.807, 2.05) is 74.5 Å². The van der Waals surface area contributed by atoms with Crippen LogP contribution in [0.3, 0.4) is 0 Å². The first-order valence-electron chi connectivity index (χ1n) is 8.65. The summed E-state index contributed by atoms with van der Waals surface area (Å²) in [5.41, 5.74) is 5.47. The third kappa shape index (κ3) is 3.50. The van der Waals surface area contributed by atoms with Gasteiger partial charge in [0.15, 0.2) is 5.65 Å². The summed E-state index contributed by atoms with van der Waals surface area (Å²) in [6, 6.07) is 19.4. The van der Waals surface area contributed by atoms with E-state index in [0.29, 0.717) is 16.9 Å². The highest BCUT2D eigenvalue weighted by Gasteiger charge is 2.15. The van der Waals surface area contributed by atoms with Gasteiger partial charge in [-0.2, -0.15) is 5.10 Å². The van der Waals surface area contributed by atoms with Crippen molar-refractivity contribution in [2.24, 2.45) is 0 Å². The lowest BCUT2D eigenvalue weighted by molar-refractivity contribution is 0.102. The molecule has 134 valence electrons. The number of hydrogen-bond donors (Lipinski definition) is 2. The van der Waals surface area contributed by atoms with Crippen molar-refractivity contribution in [1.29, 1.82) is 0 Å². The zero-order valence-electron chi connectivity index (χ0n) is 15.1. The van der Waals surface area contributed by atoms with Crippen LogP contribution < -0.4 is 10.6 Å². The summed E-state index contributed by atoms with van der Waals surface area (Å²) >= 11 is 0. The lowest BCUT2D eigenvalue weighted by atomic mass is 10.2. The van der Waals surface area contributed by atoms with E-state index >= 15 is 0 Å². The van der Waals surface area contributed by atoms with Gasteiger partial charge in [-0.05, 0) is 56.3 Å². The Hall–Kier alpha value is -3.67. The Morgan fingerprint density at radius 2 is 1.59 bits per heavy atom. The first-order chi connectivity index (χ1) is 13.1. The van der Waals surface area contributed by atoms with Crippen molar-refractivity contribution < 1.29 is 4.79 Å². The molecule has 0 aliphatic rings. The zero-order chi connectivity index (χ0) is 18.8. The largest absolute Gasteiger partial charge is 0.356 e. The molecule has 2 aromatic carbocycles. The molecule has 4 aromatic rings. The molecule has 1 amide bonds. The number of aromatic nitrogens is 3. The fraction of sp³-hybridized carbons (Fsp3) is 0.0952. The number of carbonyl (C=O) groups is 1. The van der Waals surface area contributed by atoms with E-state index in [2.05, 4.69) is 20.7 Å². The molecule has 27 heavy (non-hydrogen) atoms. The van der Waals surface area contributed by atoms with Gasteiger partial charge in [0.25, 0.3) is 5.91 Å². The molecule has 0 saturated heterocycles. The van der Waals surface area contributed by atoms with Gasteiger partial charge in [0, 0.05) is 28.5 Å². The predicted molar refractivity (Wildman–Crippen MR) is 107 cm³/mol. The molecule has 0 unspecified atom stereocenters. The van der Waals surface area contributed by atoms with Gasteiger partial charge in [0.1, 0.15) is 5.56 Å². The van der Waals surface area contributed by atoms with Crippen LogP contribution in [-0.2, 0) is 0 Å². The van der Waals surface area contributed by atoms with Crippen molar-refractivity contribution >= 4 is 28.6 Å². The number of carbonyl (C=O) groups excluding carboxylic acids is 1. The lowest BCUT2D eigenvalue weighted by Crippen LogP contribution is -2.12. The average Bonchev–Trinajstić information content (AvgIpc) is 3.08. The van der Waals surface area contributed by atoms with Crippen LogP contribution in [0, 0.1) is 13.8 Å². The van der Waals surface area contributed by atoms with Crippen molar-refractivity contribution in [2.75, 3.05) is 10.6 Å². The van der Waals surface area contributed by atoms with Crippen molar-refractivity contribution in [2.45, 2.75) is 13.8 Å². The van der Waals surface area contributed by atoms with E-state index < -0.39 is 0 Å². The number of aryl methyl sites for hydroxylation is 2. The SMILES string of the molecule is Cc1cc(C)n2ncc(C(=O)Nc3ccc(Nc4ccccc4)cc3)c2n1. The van der Waals surface area contributed by atoms with Crippen LogP contribution in [0.15, 0.2) is 66.9 Å². The molecule has 6 heteroatoms. The van der Waals surface area contributed by atoms with Crippen molar-refractivity contribution in [1.82, 2.24) is 14.6 Å². The highest BCUT2D eigenvalue weighted by Crippen LogP contribution is 2.20. The minimum absolute atomic E-state index is 0.230. The van der Waals surface area contributed by atoms with Crippen LogP contribution in [0.5, 0.6) is 0 Å². The third-order valence-electron chi connectivity index (χ3n) is 4.23. The van der Waals surface area contributed by atoms with Gasteiger partial charge in [-0.25, -0.2) is 9.50 Å². The number of amides is 1. The van der Waals surface area contributed by atoms with Crippen molar-refractivity contribution in [3.05, 3.63) is 83.8 Å². The predicted octanol–water partition coefficient (Wildman–Crippen LogP) is 4.34. The van der Waals surface area contributed by atoms with E-state index in [9.17, 15) is 4.79 Å². The van der Waals surface area contributed by atoms with Gasteiger partial charge >= 0.3 is 0 Å². The standard InChI is InChI=1S/C21H19N5O/c1-14-12-15(2)26-20(23-14)19(13-22-26)21(27)25-18-10-8-17(9-11-18)24-16-6-4-3-5-7-16/h3-13,24H,1-2H3,(H,25,27). The molecule has 0 saturated carbocycles. The molecule has 4 rings (SSSR count). The smallest absolute Gasteiger partial charge is 0.261 e. The quantitative estimate of drug-likeness (QED) is 0.570. The van der Waals surface area contributed by atoms with Gasteiger partial charge in [-0.15, -0.1) is 0 Å². The summed E-state index contributed by atoms with van der Waals surface area (Å²) in [5, 5.41) is 10.5. The zero-order valence-corrected chi connectivity index (χ0v) is 15.1. The summed E-state index contributed by atoms with van der Waals surface area (Å²) in [6.45, 7) is 3.84. The summed E-state index contributed by atoms with van der Waals surface area (Å²) in [6.07, 6.45) is 1.55. The van der Waals surface area contributed by atoms with E-state index in [-0.39, 0.29) is 5.91 Å². The van der Waals surface area contributed by atoms with Crippen LogP contribution in [-0.4, -0.2) is 20.5 Å². The minimum atomic E-state index is -0.230. The van der Waals surface area contributed by atoms with Crippen LogP contribution in [0.25, 0.3) is 5.65 Å². The molecule has 6 nitrogen and oxygen atoms in total. The molecule has 0 fully saturated rings. The normalized spacial score (nSPS) is 10.7. The van der Waals surface area contributed by atoms with Crippen LogP contribution in [0.4, 0.5) is 17.1 Å². The Bertz CT molecular complexity index is 1100. The summed E-state index contributed by atoms with van der Waals surface area (Å²) in [4.78, 5) is 17.1. The van der Waals surface area contributed by atoms with Crippen LogP contribution in [0.1, 0.15) is 21.7 Å². The number of benzene rings is 2. The fourth-order valence-electron chi connectivity index (χ4n) is 2.95. The maximum atomic E-state index is 12.7. The van der Waals surface area contributed by atoms with E-state index in [0.717, 1.165) is 22.8 Å². The molecule has 0 bridgehead atoms. The third-order valence-corrected chi connectivity index (χ3v) is 4.23. The highest BCUT2D eigenvalue weighted by atomic mass is 16.1. The van der Waals surface area contributed by atoms with Gasteiger partial charge in [0.2, 0.25) is 0 Å². The molecule has 0 aliphatic heterocycles. The number of fused-ring (bicyclic) bond motifs is 1. The van der Waals surface area contributed by atoms with E-state index in [4.69, 9.17) is 0 Å². The number of para-hydroxylation sites is 1. The highest BCUT2D eigenvalue weighted by molar-refractivity contribution is 6.08. The molecule has 2 heterocycles. The lowest BCUT2D eigenvalue weighted by Gasteiger charge is -2.08. The summed E-state index contributed by atoms with van der Waals surface area (Å²) in [5.74, 6) is -0.230. The Labute approximate surface area is 156 Å². The number of hydrogen-bond acceptors (Lipinski definition) is 4. The number of nitrogens with one attached hydrogen (secondary N) is 2. The Morgan fingerprint density at radius 1 is 0.926 bits per heavy atom. The number of rotatable bonds is 4. The van der Waals surface area contributed by atoms with Crippen molar-refractivity contribution in [3.63, 3.8) is 0 Å². The van der Waals surface area contributed by atoms with Gasteiger partial charge in [-0.3, -0.25) is 4.79 Å². The molecule has 2 aromatic heterocycles. The summed E-state index contributed by atoms with van der Waals surface area (Å²) < 4.78 is 1.68. The number of anilines is 3. The van der Waals surface area contributed by atoms with Crippen LogP contribution >= 0.6 is 0 Å². The Balaban J connectivity index is 1.52. The van der Waals surface area contributed by atoms with Gasteiger partial charge < -0.3 is 10.6 Å². The van der Waals surface area contributed by atoms with Crippen LogP contribution in [0.2, 0.25) is 0 Å². The summed E-state index contributed by atoms with van der Waals surface area (Å²) in [7, 11) is 0. The second-order valence-electron chi connectivity index (χ2n) is 6.36. The van der Waals surface area contributed by atoms with Gasteiger partial charge in [0.05, 0.1) is 6.20 Å². The van der Waals surface area contributed by atoms with Gasteiger partial charge in [-0.1, -0.05) is 18.2 Å². The molecule has 0 atom stereocenters. The maximum absolute atomic E-state index is 12.7. The minimum Gasteiger partial charge on any atom is -0.356 e. The number of nitrogens with zero attached hydrogens (tertiary/aromatic N) is 3. The fourth-order valence-corrected chi connectivity index (χ4v) is 2.95. The Kier molecular flexibility index (Phi) is 4.30. The molecule has 0 radical (unpaired) electrons. The van der Waals surface area contributed by atoms with E-state index in [1.54, 1.807) is 10.7 Å². The molecular weight excluding hydrogens is 338 g/mol. The second-order valence-corrected chi connectivity index (χ2v) is 6.36.